The zero-order valence-electron chi connectivity index (χ0n) is 14.9. The van der Waals surface area contributed by atoms with E-state index in [0.29, 0.717) is 11.5 Å². The van der Waals surface area contributed by atoms with E-state index in [4.69, 9.17) is 0 Å². The fraction of sp³-hybridized carbons (Fsp3) is 0.474. The van der Waals surface area contributed by atoms with Crippen LogP contribution in [0.1, 0.15) is 54.0 Å². The molecule has 5 heteroatoms. The molecule has 0 fully saturated rings. The maximum atomic E-state index is 12.6. The number of aliphatic hydroxyl groups is 1. The molecule has 1 amide bonds. The molecule has 0 aliphatic carbocycles. The number of rotatable bonds is 7. The van der Waals surface area contributed by atoms with Crippen molar-refractivity contribution in [3.63, 3.8) is 0 Å². The third-order valence-corrected chi connectivity index (χ3v) is 4.16. The molecule has 0 saturated carbocycles. The second kappa shape index (κ2) is 8.11. The Morgan fingerprint density at radius 3 is 2.50 bits per heavy atom. The predicted octanol–water partition coefficient (Wildman–Crippen LogP) is 2.87. The summed E-state index contributed by atoms with van der Waals surface area (Å²) < 4.78 is 1.85. The van der Waals surface area contributed by atoms with Gasteiger partial charge in [0, 0.05) is 12.2 Å². The van der Waals surface area contributed by atoms with Gasteiger partial charge in [-0.1, -0.05) is 45.0 Å². The van der Waals surface area contributed by atoms with E-state index < -0.39 is 6.04 Å². The molecule has 1 atom stereocenters. The third-order valence-electron chi connectivity index (χ3n) is 4.16. The first kappa shape index (κ1) is 18.2. The van der Waals surface area contributed by atoms with Crippen LogP contribution in [0.15, 0.2) is 30.5 Å². The van der Waals surface area contributed by atoms with E-state index >= 15 is 0 Å². The minimum absolute atomic E-state index is 0.142. The number of carbonyl (C=O) groups excluding carboxylic acids is 1. The smallest absolute Gasteiger partial charge is 0.255 e. The van der Waals surface area contributed by atoms with Gasteiger partial charge in [0.05, 0.1) is 24.4 Å². The normalized spacial score (nSPS) is 12.4. The fourth-order valence-electron chi connectivity index (χ4n) is 2.66. The van der Waals surface area contributed by atoms with Gasteiger partial charge in [-0.2, -0.15) is 5.10 Å². The summed E-state index contributed by atoms with van der Waals surface area (Å²) in [6.45, 7) is 8.86. The average Bonchev–Trinajstić information content (AvgIpc) is 2.93. The van der Waals surface area contributed by atoms with Crippen molar-refractivity contribution >= 4 is 5.91 Å². The number of nitrogens with zero attached hydrogens (tertiary/aromatic N) is 2. The summed E-state index contributed by atoms with van der Waals surface area (Å²) >= 11 is 0. The summed E-state index contributed by atoms with van der Waals surface area (Å²) in [6.07, 6.45) is 2.56. The lowest BCUT2D eigenvalue weighted by atomic mass is 10.0. The first-order valence-corrected chi connectivity index (χ1v) is 8.49. The number of nitrogens with one attached hydrogen (secondary N) is 1. The zero-order chi connectivity index (χ0) is 17.7. The molecule has 0 bridgehead atoms. The second-order valence-corrected chi connectivity index (χ2v) is 6.52. The number of hydrogen-bond acceptors (Lipinski definition) is 3. The van der Waals surface area contributed by atoms with Gasteiger partial charge >= 0.3 is 0 Å². The van der Waals surface area contributed by atoms with Crippen LogP contribution < -0.4 is 5.32 Å². The maximum absolute atomic E-state index is 12.6. The van der Waals surface area contributed by atoms with E-state index in [-0.39, 0.29) is 12.5 Å². The van der Waals surface area contributed by atoms with Crippen LogP contribution >= 0.6 is 0 Å². The zero-order valence-corrected chi connectivity index (χ0v) is 14.9. The van der Waals surface area contributed by atoms with Crippen molar-refractivity contribution in [1.29, 1.82) is 0 Å². The van der Waals surface area contributed by atoms with E-state index in [1.54, 1.807) is 6.20 Å². The van der Waals surface area contributed by atoms with E-state index in [2.05, 4.69) is 31.2 Å². The lowest BCUT2D eigenvalue weighted by molar-refractivity contribution is 0.0915. The molecule has 1 unspecified atom stereocenters. The summed E-state index contributed by atoms with van der Waals surface area (Å²) in [4.78, 5) is 12.6. The molecule has 0 radical (unpaired) electrons. The molecule has 5 nitrogen and oxygen atoms in total. The molecule has 0 spiro atoms. The Hall–Kier alpha value is -2.14. The predicted molar refractivity (Wildman–Crippen MR) is 94.9 cm³/mol. The summed E-state index contributed by atoms with van der Waals surface area (Å²) in [5.41, 5.74) is 3.53. The molecule has 2 rings (SSSR count). The quantitative estimate of drug-likeness (QED) is 0.821. The van der Waals surface area contributed by atoms with Gasteiger partial charge in [-0.25, -0.2) is 0 Å². The Bertz CT molecular complexity index is 674. The molecular formula is C19H27N3O2. The average molecular weight is 329 g/mol. The van der Waals surface area contributed by atoms with Crippen molar-refractivity contribution in [2.24, 2.45) is 5.92 Å². The van der Waals surface area contributed by atoms with Crippen molar-refractivity contribution < 1.29 is 9.90 Å². The molecular weight excluding hydrogens is 302 g/mol. The highest BCUT2D eigenvalue weighted by molar-refractivity contribution is 5.95. The summed E-state index contributed by atoms with van der Waals surface area (Å²) in [5.74, 6) is 0.253. The Balaban J connectivity index is 2.12. The first-order valence-electron chi connectivity index (χ1n) is 8.49. The highest BCUT2D eigenvalue weighted by atomic mass is 16.3. The largest absolute Gasteiger partial charge is 0.394 e. The molecule has 2 N–H and O–H groups in total. The lowest BCUT2D eigenvalue weighted by Crippen LogP contribution is -2.31. The minimum atomic E-state index is -0.420. The Morgan fingerprint density at radius 1 is 1.29 bits per heavy atom. The summed E-state index contributed by atoms with van der Waals surface area (Å²) in [5, 5.41) is 16.9. The van der Waals surface area contributed by atoms with E-state index in [1.165, 1.54) is 5.56 Å². The van der Waals surface area contributed by atoms with Gasteiger partial charge < -0.3 is 10.4 Å². The SMILES string of the molecule is CCc1ccc(C(CO)NC(=O)c2cnn(CC(C)C)c2C)cc1. The van der Waals surface area contributed by atoms with Gasteiger partial charge in [-0.15, -0.1) is 0 Å². The first-order chi connectivity index (χ1) is 11.5. The molecule has 24 heavy (non-hydrogen) atoms. The Morgan fingerprint density at radius 2 is 1.96 bits per heavy atom. The van der Waals surface area contributed by atoms with Crippen LogP contribution in [-0.4, -0.2) is 27.4 Å². The van der Waals surface area contributed by atoms with Gasteiger partial charge in [0.25, 0.3) is 5.91 Å². The van der Waals surface area contributed by atoms with Crippen LogP contribution in [0.5, 0.6) is 0 Å². The van der Waals surface area contributed by atoms with Crippen LogP contribution in [0, 0.1) is 12.8 Å². The second-order valence-electron chi connectivity index (χ2n) is 6.52. The van der Waals surface area contributed by atoms with Crippen molar-refractivity contribution in [3.05, 3.63) is 52.8 Å². The number of carbonyl (C=O) groups is 1. The minimum Gasteiger partial charge on any atom is -0.394 e. The third kappa shape index (κ3) is 4.23. The number of aryl methyl sites for hydroxylation is 1. The number of benzene rings is 1. The standard InChI is InChI=1S/C19H27N3O2/c1-5-15-6-8-16(9-7-15)18(12-23)21-19(24)17-10-20-22(14(17)4)11-13(2)3/h6-10,13,18,23H,5,11-12H2,1-4H3,(H,21,24). The van der Waals surface area contributed by atoms with Crippen LogP contribution in [0.25, 0.3) is 0 Å². The topological polar surface area (TPSA) is 67.2 Å². The number of aliphatic hydroxyl groups excluding tert-OH is 1. The number of hydrogen-bond donors (Lipinski definition) is 2. The monoisotopic (exact) mass is 329 g/mol. The Kier molecular flexibility index (Phi) is 6.15. The van der Waals surface area contributed by atoms with Crippen molar-refractivity contribution in [3.8, 4) is 0 Å². The summed E-state index contributed by atoms with van der Waals surface area (Å²) in [7, 11) is 0. The van der Waals surface area contributed by atoms with Gasteiger partial charge in [0.2, 0.25) is 0 Å². The van der Waals surface area contributed by atoms with Gasteiger partial charge in [-0.05, 0) is 30.4 Å². The molecule has 2 aromatic rings. The van der Waals surface area contributed by atoms with Crippen LogP contribution in [0.2, 0.25) is 0 Å². The fourth-order valence-corrected chi connectivity index (χ4v) is 2.66. The van der Waals surface area contributed by atoms with Crippen LogP contribution in [-0.2, 0) is 13.0 Å². The van der Waals surface area contributed by atoms with Crippen LogP contribution in [0.3, 0.4) is 0 Å². The highest BCUT2D eigenvalue weighted by Gasteiger charge is 2.19. The van der Waals surface area contributed by atoms with E-state index in [0.717, 1.165) is 24.2 Å². The van der Waals surface area contributed by atoms with Gasteiger partial charge in [0.15, 0.2) is 0 Å². The number of amides is 1. The van der Waals surface area contributed by atoms with Crippen molar-refractivity contribution in [2.45, 2.75) is 46.7 Å². The number of aromatic nitrogens is 2. The molecule has 0 aliphatic heterocycles. The van der Waals surface area contributed by atoms with Crippen molar-refractivity contribution in [1.82, 2.24) is 15.1 Å². The molecule has 1 aromatic heterocycles. The van der Waals surface area contributed by atoms with E-state index in [1.807, 2.05) is 35.9 Å². The molecule has 1 heterocycles. The van der Waals surface area contributed by atoms with Gasteiger partial charge in [-0.3, -0.25) is 9.48 Å². The Labute approximate surface area is 143 Å². The molecule has 0 saturated heterocycles. The van der Waals surface area contributed by atoms with Crippen molar-refractivity contribution in [2.75, 3.05) is 6.61 Å². The van der Waals surface area contributed by atoms with Gasteiger partial charge in [0.1, 0.15) is 0 Å². The van der Waals surface area contributed by atoms with E-state index in [9.17, 15) is 9.90 Å². The summed E-state index contributed by atoms with van der Waals surface area (Å²) in [6, 6.07) is 7.53. The van der Waals surface area contributed by atoms with Crippen LogP contribution in [0.4, 0.5) is 0 Å². The molecule has 1 aromatic carbocycles. The molecule has 130 valence electrons. The highest BCUT2D eigenvalue weighted by Crippen LogP contribution is 2.16. The maximum Gasteiger partial charge on any atom is 0.255 e. The molecule has 0 aliphatic rings. The lowest BCUT2D eigenvalue weighted by Gasteiger charge is -2.17.